The summed E-state index contributed by atoms with van der Waals surface area (Å²) in [5.74, 6) is 0.374. The van der Waals surface area contributed by atoms with Crippen LogP contribution in [0.5, 0.6) is 11.5 Å². The first-order chi connectivity index (χ1) is 19.0. The highest BCUT2D eigenvalue weighted by Gasteiger charge is 2.26. The van der Waals surface area contributed by atoms with Crippen LogP contribution in [0, 0.1) is 0 Å². The molecule has 0 spiro atoms. The van der Waals surface area contributed by atoms with E-state index in [1.165, 1.54) is 30.9 Å². The van der Waals surface area contributed by atoms with Crippen LogP contribution >= 0.6 is 11.6 Å². The Kier molecular flexibility index (Phi) is 8.85. The summed E-state index contributed by atoms with van der Waals surface area (Å²) in [5.41, 5.74) is 1.79. The molecule has 0 bridgehead atoms. The number of amides is 1. The van der Waals surface area contributed by atoms with Crippen LogP contribution in [0.2, 0.25) is 5.02 Å². The largest absolute Gasteiger partial charge is 0.495 e. The average molecular weight is 568 g/mol. The zero-order valence-corrected chi connectivity index (χ0v) is 24.1. The van der Waals surface area contributed by atoms with E-state index in [4.69, 9.17) is 25.8 Å². The van der Waals surface area contributed by atoms with Crippen LogP contribution in [0.4, 0.5) is 11.4 Å². The molecule has 1 aliphatic heterocycles. The SMILES string of the molecule is COc1cn(C(CCOC(C)(C)C)C(=O)Nc2ccc3c(c2)OCCN3)c(=O)cc1-c1cc(Cl)ccc1C(C)=O. The van der Waals surface area contributed by atoms with Gasteiger partial charge in [0, 0.05) is 53.5 Å². The zero-order chi connectivity index (χ0) is 29.0. The normalized spacial score (nSPS) is 13.4. The lowest BCUT2D eigenvalue weighted by molar-refractivity contribution is -0.120. The quantitative estimate of drug-likeness (QED) is 0.325. The van der Waals surface area contributed by atoms with E-state index < -0.39 is 23.1 Å². The predicted molar refractivity (Wildman–Crippen MR) is 156 cm³/mol. The molecule has 1 unspecified atom stereocenters. The summed E-state index contributed by atoms with van der Waals surface area (Å²) in [5, 5.41) is 6.57. The Labute approximate surface area is 238 Å². The topological polar surface area (TPSA) is 108 Å². The number of pyridine rings is 1. The molecule has 3 aromatic rings. The van der Waals surface area contributed by atoms with Crippen molar-refractivity contribution in [3.63, 3.8) is 0 Å². The lowest BCUT2D eigenvalue weighted by Crippen LogP contribution is -2.34. The van der Waals surface area contributed by atoms with Gasteiger partial charge in [0.25, 0.3) is 5.56 Å². The van der Waals surface area contributed by atoms with E-state index >= 15 is 0 Å². The number of ether oxygens (including phenoxy) is 3. The molecule has 0 fully saturated rings. The molecule has 1 atom stereocenters. The first-order valence-corrected chi connectivity index (χ1v) is 13.4. The molecule has 2 aromatic carbocycles. The molecule has 10 heteroatoms. The van der Waals surface area contributed by atoms with Gasteiger partial charge in [0.15, 0.2) is 5.78 Å². The van der Waals surface area contributed by atoms with Gasteiger partial charge in [-0.05, 0) is 63.6 Å². The number of rotatable bonds is 9. The lowest BCUT2D eigenvalue weighted by atomic mass is 9.97. The van der Waals surface area contributed by atoms with Crippen molar-refractivity contribution in [2.45, 2.75) is 45.8 Å². The van der Waals surface area contributed by atoms with E-state index in [0.29, 0.717) is 52.1 Å². The minimum atomic E-state index is -0.917. The van der Waals surface area contributed by atoms with E-state index in [2.05, 4.69) is 10.6 Å². The van der Waals surface area contributed by atoms with Crippen molar-refractivity contribution in [3.05, 3.63) is 69.6 Å². The molecule has 1 aromatic heterocycles. The fraction of sp³-hybridized carbons (Fsp3) is 0.367. The van der Waals surface area contributed by atoms with Gasteiger partial charge in [-0.25, -0.2) is 0 Å². The molecule has 0 saturated carbocycles. The number of carbonyl (C=O) groups excluding carboxylic acids is 2. The van der Waals surface area contributed by atoms with E-state index in [1.54, 1.807) is 30.3 Å². The number of hydrogen-bond acceptors (Lipinski definition) is 7. The van der Waals surface area contributed by atoms with Crippen LogP contribution in [0.25, 0.3) is 11.1 Å². The van der Waals surface area contributed by atoms with Gasteiger partial charge < -0.3 is 24.8 Å². The summed E-state index contributed by atoms with van der Waals surface area (Å²) < 4.78 is 18.6. The van der Waals surface area contributed by atoms with Crippen LogP contribution in [0.15, 0.2) is 53.5 Å². The third-order valence-electron chi connectivity index (χ3n) is 6.40. The van der Waals surface area contributed by atoms with Crippen LogP contribution in [-0.4, -0.2) is 48.7 Å². The lowest BCUT2D eigenvalue weighted by Gasteiger charge is -2.25. The highest BCUT2D eigenvalue weighted by atomic mass is 35.5. The number of Topliss-reactive ketones (excluding diaryl/α,β-unsaturated/α-hetero) is 1. The first-order valence-electron chi connectivity index (χ1n) is 13.0. The summed E-state index contributed by atoms with van der Waals surface area (Å²) in [6.07, 6.45) is 1.72. The molecule has 1 amide bonds. The Morgan fingerprint density at radius 1 is 1.15 bits per heavy atom. The van der Waals surface area contributed by atoms with Crippen molar-refractivity contribution in [2.75, 3.05) is 37.5 Å². The Morgan fingerprint density at radius 3 is 2.62 bits per heavy atom. The highest BCUT2D eigenvalue weighted by Crippen LogP contribution is 2.35. The molecule has 0 aliphatic carbocycles. The highest BCUT2D eigenvalue weighted by molar-refractivity contribution is 6.31. The Balaban J connectivity index is 1.73. The van der Waals surface area contributed by atoms with Gasteiger partial charge >= 0.3 is 0 Å². The third kappa shape index (κ3) is 6.84. The van der Waals surface area contributed by atoms with Gasteiger partial charge in [-0.15, -0.1) is 0 Å². The van der Waals surface area contributed by atoms with Crippen molar-refractivity contribution >= 4 is 34.7 Å². The molecule has 0 radical (unpaired) electrons. The number of carbonyl (C=O) groups is 2. The molecule has 9 nitrogen and oxygen atoms in total. The number of aromatic nitrogens is 1. The second-order valence-electron chi connectivity index (χ2n) is 10.5. The van der Waals surface area contributed by atoms with Crippen molar-refractivity contribution in [2.24, 2.45) is 0 Å². The van der Waals surface area contributed by atoms with Gasteiger partial charge in [-0.1, -0.05) is 11.6 Å². The third-order valence-corrected chi connectivity index (χ3v) is 6.64. The van der Waals surface area contributed by atoms with E-state index in [9.17, 15) is 14.4 Å². The molecular weight excluding hydrogens is 534 g/mol. The smallest absolute Gasteiger partial charge is 0.252 e. The molecule has 2 heterocycles. The summed E-state index contributed by atoms with van der Waals surface area (Å²) in [7, 11) is 1.46. The molecule has 0 saturated heterocycles. The summed E-state index contributed by atoms with van der Waals surface area (Å²) in [4.78, 5) is 39.5. The number of methoxy groups -OCH3 is 1. The number of nitrogens with zero attached hydrogens (tertiary/aromatic N) is 1. The number of anilines is 2. The van der Waals surface area contributed by atoms with Gasteiger partial charge in [0.2, 0.25) is 5.91 Å². The average Bonchev–Trinajstić information content (AvgIpc) is 2.90. The van der Waals surface area contributed by atoms with Gasteiger partial charge in [0.05, 0.1) is 24.6 Å². The summed E-state index contributed by atoms with van der Waals surface area (Å²) in [6.45, 7) is 8.67. The summed E-state index contributed by atoms with van der Waals surface area (Å²) in [6, 6.07) is 10.7. The van der Waals surface area contributed by atoms with Crippen LogP contribution in [0.3, 0.4) is 0 Å². The fourth-order valence-corrected chi connectivity index (χ4v) is 4.67. The van der Waals surface area contributed by atoms with Crippen LogP contribution in [-0.2, 0) is 9.53 Å². The molecular formula is C30H34ClN3O6. The molecule has 4 rings (SSSR count). The molecule has 40 heavy (non-hydrogen) atoms. The minimum Gasteiger partial charge on any atom is -0.495 e. The van der Waals surface area contributed by atoms with Crippen LogP contribution < -0.4 is 25.7 Å². The zero-order valence-electron chi connectivity index (χ0n) is 23.3. The Morgan fingerprint density at radius 2 is 1.93 bits per heavy atom. The van der Waals surface area contributed by atoms with E-state index in [0.717, 1.165) is 5.69 Å². The molecule has 2 N–H and O–H groups in total. The number of halogens is 1. The van der Waals surface area contributed by atoms with Gasteiger partial charge in [-0.3, -0.25) is 19.0 Å². The number of nitrogens with one attached hydrogen (secondary N) is 2. The first kappa shape index (κ1) is 29.2. The maximum absolute atomic E-state index is 13.6. The molecule has 212 valence electrons. The van der Waals surface area contributed by atoms with E-state index in [-0.39, 0.29) is 18.8 Å². The maximum Gasteiger partial charge on any atom is 0.252 e. The second kappa shape index (κ2) is 12.1. The fourth-order valence-electron chi connectivity index (χ4n) is 4.50. The van der Waals surface area contributed by atoms with Crippen molar-refractivity contribution in [3.8, 4) is 22.6 Å². The number of hydrogen-bond donors (Lipinski definition) is 2. The standard InChI is InChI=1S/C30H34ClN3O6/c1-18(35)21-8-6-19(31)14-22(21)23-16-28(36)34(17-27(23)38-5)25(10-12-40-30(2,3)4)29(37)33-20-7-9-24-26(15-20)39-13-11-32-24/h6-9,14-17,25,32H,10-13H2,1-5H3,(H,33,37). The number of ketones is 1. The monoisotopic (exact) mass is 567 g/mol. The predicted octanol–water partition coefficient (Wildman–Crippen LogP) is 5.57. The van der Waals surface area contributed by atoms with Crippen molar-refractivity contribution in [1.29, 1.82) is 0 Å². The summed E-state index contributed by atoms with van der Waals surface area (Å²) >= 11 is 6.23. The van der Waals surface area contributed by atoms with Crippen molar-refractivity contribution in [1.82, 2.24) is 4.57 Å². The van der Waals surface area contributed by atoms with E-state index in [1.807, 2.05) is 26.8 Å². The van der Waals surface area contributed by atoms with Crippen molar-refractivity contribution < 1.29 is 23.8 Å². The van der Waals surface area contributed by atoms with Crippen LogP contribution in [0.1, 0.15) is 50.5 Å². The Bertz CT molecular complexity index is 1480. The number of benzene rings is 2. The maximum atomic E-state index is 13.6. The molecule has 1 aliphatic rings. The minimum absolute atomic E-state index is 0.182. The second-order valence-corrected chi connectivity index (χ2v) is 10.9. The van der Waals surface area contributed by atoms with Gasteiger partial charge in [0.1, 0.15) is 24.1 Å². The Hall–Kier alpha value is -3.82. The van der Waals surface area contributed by atoms with Gasteiger partial charge in [-0.2, -0.15) is 0 Å². The number of fused-ring (bicyclic) bond motifs is 1.